The third-order valence-electron chi connectivity index (χ3n) is 5.00. The highest BCUT2D eigenvalue weighted by Gasteiger charge is 2.28. The molecular weight excluding hydrogens is 392 g/mol. The fourth-order valence-corrected chi connectivity index (χ4v) is 5.47. The Morgan fingerprint density at radius 3 is 2.50 bits per heavy atom. The van der Waals surface area contributed by atoms with Crippen LogP contribution in [-0.4, -0.2) is 44.8 Å². The summed E-state index contributed by atoms with van der Waals surface area (Å²) in [6.45, 7) is 2.85. The summed E-state index contributed by atoms with van der Waals surface area (Å²) in [4.78, 5) is 15.8. The van der Waals surface area contributed by atoms with Gasteiger partial charge in [-0.15, -0.1) is 11.8 Å². The third-order valence-corrected chi connectivity index (χ3v) is 7.60. The Kier molecular flexibility index (Phi) is 6.35. The molecule has 2 aromatic rings. The van der Waals surface area contributed by atoms with Crippen molar-refractivity contribution in [2.45, 2.75) is 31.2 Å². The van der Waals surface area contributed by atoms with E-state index in [0.29, 0.717) is 30.8 Å². The first kappa shape index (κ1) is 20.7. The fraction of sp³-hybridized carbons (Fsp3) is 0.381. The van der Waals surface area contributed by atoms with Crippen LogP contribution in [0.25, 0.3) is 0 Å². The molecule has 1 heterocycles. The predicted octanol–water partition coefficient (Wildman–Crippen LogP) is 3.92. The van der Waals surface area contributed by atoms with Gasteiger partial charge in [0.1, 0.15) is 0 Å². The van der Waals surface area contributed by atoms with Gasteiger partial charge in [-0.2, -0.15) is 0 Å². The number of amides is 1. The van der Waals surface area contributed by atoms with Crippen molar-refractivity contribution < 1.29 is 13.2 Å². The SMILES string of the molecule is CSc1ccc(CN(C)C(=O)c2ccc(C)c(N3CCCCS3(=O)=O)c2)cc1. The number of thioether (sulfide) groups is 1. The smallest absolute Gasteiger partial charge is 0.253 e. The Balaban J connectivity index is 1.81. The lowest BCUT2D eigenvalue weighted by Gasteiger charge is -2.30. The topological polar surface area (TPSA) is 57.7 Å². The van der Waals surface area contributed by atoms with Crippen LogP contribution in [0.5, 0.6) is 0 Å². The van der Waals surface area contributed by atoms with E-state index in [4.69, 9.17) is 0 Å². The van der Waals surface area contributed by atoms with E-state index in [0.717, 1.165) is 17.5 Å². The molecule has 28 heavy (non-hydrogen) atoms. The molecule has 1 amide bonds. The Morgan fingerprint density at radius 1 is 1.14 bits per heavy atom. The molecule has 0 spiro atoms. The molecule has 0 aromatic heterocycles. The lowest BCUT2D eigenvalue weighted by Crippen LogP contribution is -2.38. The van der Waals surface area contributed by atoms with Crippen LogP contribution in [0.15, 0.2) is 47.4 Å². The number of rotatable bonds is 5. The number of sulfonamides is 1. The van der Waals surface area contributed by atoms with Crippen LogP contribution in [0.1, 0.15) is 34.3 Å². The van der Waals surface area contributed by atoms with Crippen LogP contribution in [-0.2, 0) is 16.6 Å². The normalized spacial score (nSPS) is 16.0. The molecule has 0 N–H and O–H groups in total. The van der Waals surface area contributed by atoms with Crippen molar-refractivity contribution in [2.75, 3.05) is 29.9 Å². The molecule has 5 nitrogen and oxygen atoms in total. The van der Waals surface area contributed by atoms with Crippen LogP contribution in [0.4, 0.5) is 5.69 Å². The van der Waals surface area contributed by atoms with Crippen molar-refractivity contribution in [3.63, 3.8) is 0 Å². The highest BCUT2D eigenvalue weighted by atomic mass is 32.2. The molecule has 150 valence electrons. The zero-order valence-electron chi connectivity index (χ0n) is 16.5. The molecule has 2 aromatic carbocycles. The predicted molar refractivity (Wildman–Crippen MR) is 116 cm³/mol. The second-order valence-corrected chi connectivity index (χ2v) is 10.00. The Hall–Kier alpha value is -1.99. The molecule has 0 saturated carbocycles. The molecular formula is C21H26N2O3S2. The van der Waals surface area contributed by atoms with Gasteiger partial charge in [-0.3, -0.25) is 9.10 Å². The fourth-order valence-electron chi connectivity index (χ4n) is 3.37. The van der Waals surface area contributed by atoms with Gasteiger partial charge in [0.05, 0.1) is 11.4 Å². The average Bonchev–Trinajstić information content (AvgIpc) is 2.68. The van der Waals surface area contributed by atoms with Crippen LogP contribution in [0.2, 0.25) is 0 Å². The number of carbonyl (C=O) groups excluding carboxylic acids is 1. The monoisotopic (exact) mass is 418 g/mol. The summed E-state index contributed by atoms with van der Waals surface area (Å²) >= 11 is 1.68. The van der Waals surface area contributed by atoms with Gasteiger partial charge in [0.15, 0.2) is 0 Å². The van der Waals surface area contributed by atoms with Crippen molar-refractivity contribution in [3.8, 4) is 0 Å². The van der Waals surface area contributed by atoms with E-state index in [9.17, 15) is 13.2 Å². The van der Waals surface area contributed by atoms with Gasteiger partial charge in [-0.05, 0) is 61.4 Å². The molecule has 7 heteroatoms. The lowest BCUT2D eigenvalue weighted by molar-refractivity contribution is 0.0785. The average molecular weight is 419 g/mol. The van der Waals surface area contributed by atoms with E-state index in [-0.39, 0.29) is 11.7 Å². The van der Waals surface area contributed by atoms with Crippen molar-refractivity contribution in [2.24, 2.45) is 0 Å². The number of nitrogens with zero attached hydrogens (tertiary/aromatic N) is 2. The summed E-state index contributed by atoms with van der Waals surface area (Å²) in [5, 5.41) is 0. The van der Waals surface area contributed by atoms with Crippen LogP contribution in [0.3, 0.4) is 0 Å². The minimum absolute atomic E-state index is 0.121. The first-order chi connectivity index (χ1) is 13.3. The van der Waals surface area contributed by atoms with Gasteiger partial charge in [0.2, 0.25) is 10.0 Å². The molecule has 0 aliphatic carbocycles. The van der Waals surface area contributed by atoms with Crippen molar-refractivity contribution in [3.05, 3.63) is 59.2 Å². The Labute approximate surface area is 171 Å². The molecule has 0 atom stereocenters. The Bertz CT molecular complexity index is 956. The first-order valence-electron chi connectivity index (χ1n) is 9.31. The van der Waals surface area contributed by atoms with E-state index in [1.165, 1.54) is 9.20 Å². The van der Waals surface area contributed by atoms with E-state index in [2.05, 4.69) is 0 Å². The molecule has 1 fully saturated rings. The van der Waals surface area contributed by atoms with Crippen LogP contribution < -0.4 is 4.31 Å². The summed E-state index contributed by atoms with van der Waals surface area (Å²) < 4.78 is 26.4. The standard InChI is InChI=1S/C21H26N2O3S2/c1-16-6-9-18(14-20(16)23-12-4-5-13-28(23,25)26)21(24)22(2)15-17-7-10-19(27-3)11-8-17/h6-11,14H,4-5,12-13,15H2,1-3H3. The summed E-state index contributed by atoms with van der Waals surface area (Å²) in [5.74, 6) is 0.0425. The van der Waals surface area contributed by atoms with Crippen molar-refractivity contribution >= 4 is 33.4 Å². The summed E-state index contributed by atoms with van der Waals surface area (Å²) in [6.07, 6.45) is 3.56. The van der Waals surface area contributed by atoms with Gasteiger partial charge in [0, 0.05) is 30.6 Å². The number of carbonyl (C=O) groups is 1. The highest BCUT2D eigenvalue weighted by Crippen LogP contribution is 2.28. The van der Waals surface area contributed by atoms with E-state index in [1.807, 2.05) is 43.5 Å². The Morgan fingerprint density at radius 2 is 1.86 bits per heavy atom. The summed E-state index contributed by atoms with van der Waals surface area (Å²) in [7, 11) is -1.54. The van der Waals surface area contributed by atoms with Gasteiger partial charge in [0.25, 0.3) is 5.91 Å². The van der Waals surface area contributed by atoms with Gasteiger partial charge < -0.3 is 4.90 Å². The largest absolute Gasteiger partial charge is 0.337 e. The number of benzene rings is 2. The third kappa shape index (κ3) is 4.52. The first-order valence-corrected chi connectivity index (χ1v) is 12.1. The van der Waals surface area contributed by atoms with E-state index >= 15 is 0 Å². The molecule has 3 rings (SSSR count). The maximum atomic E-state index is 12.9. The van der Waals surface area contributed by atoms with Crippen LogP contribution in [0, 0.1) is 6.92 Å². The summed E-state index contributed by atoms with van der Waals surface area (Å²) in [5.41, 5.74) is 3.03. The number of hydrogen-bond acceptors (Lipinski definition) is 4. The van der Waals surface area contributed by atoms with Crippen molar-refractivity contribution in [1.29, 1.82) is 0 Å². The maximum absolute atomic E-state index is 12.9. The molecule has 1 saturated heterocycles. The van der Waals surface area contributed by atoms with Gasteiger partial charge in [-0.1, -0.05) is 18.2 Å². The zero-order valence-corrected chi connectivity index (χ0v) is 18.1. The summed E-state index contributed by atoms with van der Waals surface area (Å²) in [6, 6.07) is 13.5. The second-order valence-electron chi connectivity index (χ2n) is 7.11. The quantitative estimate of drug-likeness (QED) is 0.691. The molecule has 1 aliphatic heterocycles. The zero-order chi connectivity index (χ0) is 20.3. The van der Waals surface area contributed by atoms with E-state index in [1.54, 1.807) is 35.8 Å². The number of anilines is 1. The molecule has 0 unspecified atom stereocenters. The van der Waals surface area contributed by atoms with Crippen molar-refractivity contribution in [1.82, 2.24) is 4.90 Å². The molecule has 1 aliphatic rings. The minimum atomic E-state index is -3.31. The van der Waals surface area contributed by atoms with Gasteiger partial charge >= 0.3 is 0 Å². The highest BCUT2D eigenvalue weighted by molar-refractivity contribution is 7.98. The number of aryl methyl sites for hydroxylation is 1. The number of hydrogen-bond donors (Lipinski definition) is 0. The maximum Gasteiger partial charge on any atom is 0.253 e. The molecule has 0 radical (unpaired) electrons. The van der Waals surface area contributed by atoms with Gasteiger partial charge in [-0.25, -0.2) is 8.42 Å². The minimum Gasteiger partial charge on any atom is -0.337 e. The molecule has 0 bridgehead atoms. The lowest BCUT2D eigenvalue weighted by atomic mass is 10.1. The van der Waals surface area contributed by atoms with E-state index < -0.39 is 10.0 Å². The van der Waals surface area contributed by atoms with Crippen LogP contribution >= 0.6 is 11.8 Å². The second kappa shape index (κ2) is 8.57.